The van der Waals surface area contributed by atoms with Gasteiger partial charge in [-0.3, -0.25) is 9.59 Å². The Morgan fingerprint density at radius 2 is 1.90 bits per heavy atom. The van der Waals surface area contributed by atoms with Gasteiger partial charge in [-0.2, -0.15) is 11.8 Å². The van der Waals surface area contributed by atoms with Crippen molar-refractivity contribution in [3.05, 3.63) is 24.3 Å². The number of thioether (sulfide) groups is 1. The molecule has 1 rings (SSSR count). The van der Waals surface area contributed by atoms with Crippen LogP contribution in [0.3, 0.4) is 0 Å². The minimum Gasteiger partial charge on any atom is -0.494 e. The predicted molar refractivity (Wildman–Crippen MR) is 85.0 cm³/mol. The summed E-state index contributed by atoms with van der Waals surface area (Å²) in [6.07, 6.45) is 0. The van der Waals surface area contributed by atoms with E-state index in [2.05, 4.69) is 5.32 Å². The molecule has 0 aliphatic rings. The Morgan fingerprint density at radius 3 is 2.43 bits per heavy atom. The molecule has 0 saturated heterocycles. The van der Waals surface area contributed by atoms with E-state index < -0.39 is 11.4 Å². The molecule has 0 saturated carbocycles. The number of carboxylic acids is 1. The van der Waals surface area contributed by atoms with Crippen LogP contribution in [0.25, 0.3) is 0 Å². The van der Waals surface area contributed by atoms with Crippen LogP contribution >= 0.6 is 11.8 Å². The van der Waals surface area contributed by atoms with Crippen molar-refractivity contribution in [1.29, 1.82) is 0 Å². The summed E-state index contributed by atoms with van der Waals surface area (Å²) in [5, 5.41) is 11.7. The second-order valence-electron chi connectivity index (χ2n) is 5.19. The maximum atomic E-state index is 11.8. The van der Waals surface area contributed by atoms with Gasteiger partial charge in [-0.25, -0.2) is 0 Å². The van der Waals surface area contributed by atoms with Crippen molar-refractivity contribution in [3.8, 4) is 5.75 Å². The van der Waals surface area contributed by atoms with Crippen LogP contribution in [0.15, 0.2) is 24.3 Å². The molecule has 0 aromatic heterocycles. The van der Waals surface area contributed by atoms with Crippen molar-refractivity contribution in [1.82, 2.24) is 0 Å². The largest absolute Gasteiger partial charge is 0.494 e. The van der Waals surface area contributed by atoms with Crippen LogP contribution in [0.5, 0.6) is 5.75 Å². The molecule has 21 heavy (non-hydrogen) atoms. The van der Waals surface area contributed by atoms with Crippen molar-refractivity contribution in [2.45, 2.75) is 20.8 Å². The Morgan fingerprint density at radius 1 is 1.29 bits per heavy atom. The standard InChI is InChI=1S/C15H21NO4S/c1-4-20-12-7-5-11(6-8-12)16-13(17)9-21-10-15(2,3)14(18)19/h5-8H,4,9-10H2,1-3H3,(H,16,17)(H,18,19). The summed E-state index contributed by atoms with van der Waals surface area (Å²) in [6, 6.07) is 7.13. The number of benzene rings is 1. The van der Waals surface area contributed by atoms with Crippen LogP contribution in [0.4, 0.5) is 5.69 Å². The molecular formula is C15H21NO4S. The third kappa shape index (κ3) is 6.08. The lowest BCUT2D eigenvalue weighted by atomic mass is 9.97. The topological polar surface area (TPSA) is 75.6 Å². The molecule has 0 aliphatic heterocycles. The van der Waals surface area contributed by atoms with Crippen LogP contribution < -0.4 is 10.1 Å². The lowest BCUT2D eigenvalue weighted by molar-refractivity contribution is -0.145. The lowest BCUT2D eigenvalue weighted by Crippen LogP contribution is -2.27. The summed E-state index contributed by atoms with van der Waals surface area (Å²) in [6.45, 7) is 5.80. The number of hydrogen-bond acceptors (Lipinski definition) is 4. The average molecular weight is 311 g/mol. The first kappa shape index (κ1) is 17.4. The number of aliphatic carboxylic acids is 1. The molecule has 2 N–H and O–H groups in total. The molecule has 1 amide bonds. The highest BCUT2D eigenvalue weighted by Gasteiger charge is 2.27. The van der Waals surface area contributed by atoms with Gasteiger partial charge in [0.1, 0.15) is 5.75 Å². The van der Waals surface area contributed by atoms with E-state index in [1.54, 1.807) is 38.1 Å². The maximum absolute atomic E-state index is 11.8. The molecular weight excluding hydrogens is 290 g/mol. The van der Waals surface area contributed by atoms with Gasteiger partial charge < -0.3 is 15.2 Å². The van der Waals surface area contributed by atoms with Gasteiger partial charge in [0.2, 0.25) is 5.91 Å². The Kier molecular flexibility index (Phi) is 6.55. The van der Waals surface area contributed by atoms with Crippen molar-refractivity contribution >= 4 is 29.3 Å². The minimum atomic E-state index is -0.859. The third-order valence-electron chi connectivity index (χ3n) is 2.72. The molecule has 0 unspecified atom stereocenters. The van der Waals surface area contributed by atoms with E-state index in [9.17, 15) is 9.59 Å². The van der Waals surface area contributed by atoms with E-state index in [0.29, 0.717) is 18.0 Å². The second-order valence-corrected chi connectivity index (χ2v) is 6.17. The van der Waals surface area contributed by atoms with E-state index in [0.717, 1.165) is 5.75 Å². The number of ether oxygens (including phenoxy) is 1. The number of carbonyl (C=O) groups is 2. The van der Waals surface area contributed by atoms with Gasteiger partial charge in [-0.15, -0.1) is 0 Å². The van der Waals surface area contributed by atoms with Crippen molar-refractivity contribution in [2.24, 2.45) is 5.41 Å². The van der Waals surface area contributed by atoms with Gasteiger partial charge in [0.25, 0.3) is 0 Å². The van der Waals surface area contributed by atoms with Crippen LogP contribution in [0.1, 0.15) is 20.8 Å². The lowest BCUT2D eigenvalue weighted by Gasteiger charge is -2.17. The van der Waals surface area contributed by atoms with Crippen LogP contribution in [-0.4, -0.2) is 35.1 Å². The van der Waals surface area contributed by atoms with Gasteiger partial charge in [-0.05, 0) is 45.0 Å². The Balaban J connectivity index is 2.38. The van der Waals surface area contributed by atoms with E-state index >= 15 is 0 Å². The van der Waals surface area contributed by atoms with E-state index in [1.807, 2.05) is 6.92 Å². The number of carbonyl (C=O) groups excluding carboxylic acids is 1. The first-order valence-electron chi connectivity index (χ1n) is 6.69. The molecule has 1 aromatic rings. The van der Waals surface area contributed by atoms with E-state index in [4.69, 9.17) is 9.84 Å². The predicted octanol–water partition coefficient (Wildman–Crippen LogP) is 2.87. The molecule has 0 heterocycles. The molecule has 0 bridgehead atoms. The van der Waals surface area contributed by atoms with Crippen molar-refractivity contribution in [3.63, 3.8) is 0 Å². The second kappa shape index (κ2) is 7.93. The highest BCUT2D eigenvalue weighted by Crippen LogP contribution is 2.22. The van der Waals surface area contributed by atoms with Gasteiger partial charge in [-0.1, -0.05) is 0 Å². The molecule has 116 valence electrons. The zero-order valence-electron chi connectivity index (χ0n) is 12.5. The van der Waals surface area contributed by atoms with Crippen LogP contribution in [0.2, 0.25) is 0 Å². The molecule has 5 nitrogen and oxygen atoms in total. The molecule has 0 aliphatic carbocycles. The molecule has 0 fully saturated rings. The highest BCUT2D eigenvalue weighted by molar-refractivity contribution is 8.00. The molecule has 0 radical (unpaired) electrons. The number of nitrogens with one attached hydrogen (secondary N) is 1. The Hall–Kier alpha value is -1.69. The van der Waals surface area contributed by atoms with Crippen molar-refractivity contribution in [2.75, 3.05) is 23.4 Å². The van der Waals surface area contributed by atoms with Crippen molar-refractivity contribution < 1.29 is 19.4 Å². The van der Waals surface area contributed by atoms with Crippen LogP contribution in [0, 0.1) is 5.41 Å². The maximum Gasteiger partial charge on any atom is 0.309 e. The fraction of sp³-hybridized carbons (Fsp3) is 0.467. The zero-order chi connectivity index (χ0) is 15.9. The van der Waals surface area contributed by atoms with E-state index in [-0.39, 0.29) is 11.7 Å². The SMILES string of the molecule is CCOc1ccc(NC(=O)CSCC(C)(C)C(=O)O)cc1. The van der Waals surface area contributed by atoms with Gasteiger partial charge in [0.15, 0.2) is 0 Å². The summed E-state index contributed by atoms with van der Waals surface area (Å²) in [7, 11) is 0. The Labute approximate surface area is 129 Å². The zero-order valence-corrected chi connectivity index (χ0v) is 13.3. The van der Waals surface area contributed by atoms with Gasteiger partial charge in [0.05, 0.1) is 17.8 Å². The number of rotatable bonds is 8. The smallest absolute Gasteiger partial charge is 0.309 e. The minimum absolute atomic E-state index is 0.148. The molecule has 0 atom stereocenters. The quantitative estimate of drug-likeness (QED) is 0.772. The fourth-order valence-corrected chi connectivity index (χ4v) is 2.45. The molecule has 0 spiro atoms. The summed E-state index contributed by atoms with van der Waals surface area (Å²) in [5.74, 6) is 0.364. The number of hydrogen-bond donors (Lipinski definition) is 2. The highest BCUT2D eigenvalue weighted by atomic mass is 32.2. The number of amides is 1. The normalized spacial score (nSPS) is 11.0. The summed E-state index contributed by atoms with van der Waals surface area (Å²) in [5.41, 5.74) is -0.133. The summed E-state index contributed by atoms with van der Waals surface area (Å²) >= 11 is 1.31. The monoisotopic (exact) mass is 311 g/mol. The van der Waals surface area contributed by atoms with Gasteiger partial charge in [0, 0.05) is 11.4 Å². The van der Waals surface area contributed by atoms with Gasteiger partial charge >= 0.3 is 5.97 Å². The number of anilines is 1. The third-order valence-corrected chi connectivity index (χ3v) is 4.12. The fourth-order valence-electron chi connectivity index (χ4n) is 1.46. The summed E-state index contributed by atoms with van der Waals surface area (Å²) in [4.78, 5) is 22.7. The Bertz CT molecular complexity index is 485. The van der Waals surface area contributed by atoms with E-state index in [1.165, 1.54) is 11.8 Å². The van der Waals surface area contributed by atoms with Crippen LogP contribution in [-0.2, 0) is 9.59 Å². The number of carboxylic acid groups (broad SMARTS) is 1. The molecule has 6 heteroatoms. The summed E-state index contributed by atoms with van der Waals surface area (Å²) < 4.78 is 5.32. The first-order valence-corrected chi connectivity index (χ1v) is 7.84. The average Bonchev–Trinajstić information content (AvgIpc) is 2.41. The first-order chi connectivity index (χ1) is 9.85. The molecule has 1 aromatic carbocycles.